The maximum absolute atomic E-state index is 11.0. The van der Waals surface area contributed by atoms with Gasteiger partial charge < -0.3 is 22.9 Å². The quantitative estimate of drug-likeness (QED) is 0.352. The summed E-state index contributed by atoms with van der Waals surface area (Å²) < 4.78 is 0. The second-order valence-electron chi connectivity index (χ2n) is 3.32. The number of carbonyl (C=O) groups excluding carboxylic acids is 4. The Labute approximate surface area is 111 Å². The highest BCUT2D eigenvalue weighted by molar-refractivity contribution is 8.77. The summed E-state index contributed by atoms with van der Waals surface area (Å²) >= 11 is 0. The van der Waals surface area contributed by atoms with E-state index in [4.69, 9.17) is 22.9 Å². The van der Waals surface area contributed by atoms with Gasteiger partial charge in [-0.15, -0.1) is 0 Å². The van der Waals surface area contributed by atoms with E-state index < -0.39 is 34.1 Å². The lowest BCUT2D eigenvalue weighted by Gasteiger charge is -2.14. The highest BCUT2D eigenvalue weighted by Gasteiger charge is 2.25. The van der Waals surface area contributed by atoms with Gasteiger partial charge >= 0.3 is 0 Å². The summed E-state index contributed by atoms with van der Waals surface area (Å²) in [6, 6.07) is 0. The minimum atomic E-state index is -0.887. The summed E-state index contributed by atoms with van der Waals surface area (Å²) in [4.78, 5) is 43.4. The Morgan fingerprint density at radius 2 is 1.00 bits per heavy atom. The van der Waals surface area contributed by atoms with Crippen LogP contribution in [0.1, 0.15) is 12.8 Å². The molecule has 8 nitrogen and oxygen atoms in total. The molecule has 0 heterocycles. The molecule has 0 aliphatic rings. The SMILES string of the molecule is NC(=O)C[C@@H](SS[C@H](CC(N)=O)C(N)=O)C(N)=O. The average molecular weight is 294 g/mol. The molecule has 0 rings (SSSR count). The molecule has 0 unspecified atom stereocenters. The van der Waals surface area contributed by atoms with E-state index in [2.05, 4.69) is 0 Å². The third kappa shape index (κ3) is 7.01. The summed E-state index contributed by atoms with van der Waals surface area (Å²) in [5.41, 5.74) is 20.0. The van der Waals surface area contributed by atoms with E-state index in [1.54, 1.807) is 0 Å². The van der Waals surface area contributed by atoms with Gasteiger partial charge in [-0.25, -0.2) is 0 Å². The van der Waals surface area contributed by atoms with Crippen molar-refractivity contribution in [2.75, 3.05) is 0 Å². The highest BCUT2D eigenvalue weighted by atomic mass is 33.1. The van der Waals surface area contributed by atoms with E-state index in [1.165, 1.54) is 0 Å². The number of hydrogen-bond acceptors (Lipinski definition) is 6. The van der Waals surface area contributed by atoms with E-state index in [1.807, 2.05) is 0 Å². The predicted molar refractivity (Wildman–Crippen MR) is 68.8 cm³/mol. The Bertz CT molecular complexity index is 329. The van der Waals surface area contributed by atoms with Crippen molar-refractivity contribution in [1.29, 1.82) is 0 Å². The molecule has 18 heavy (non-hydrogen) atoms. The fourth-order valence-corrected chi connectivity index (χ4v) is 3.57. The monoisotopic (exact) mass is 294 g/mol. The van der Waals surface area contributed by atoms with Crippen LogP contribution in [0.2, 0.25) is 0 Å². The van der Waals surface area contributed by atoms with Crippen LogP contribution in [-0.4, -0.2) is 34.1 Å². The van der Waals surface area contributed by atoms with Crippen molar-refractivity contribution in [3.8, 4) is 0 Å². The molecule has 4 amide bonds. The van der Waals surface area contributed by atoms with Crippen LogP contribution in [0.15, 0.2) is 0 Å². The van der Waals surface area contributed by atoms with Gasteiger partial charge in [-0.1, -0.05) is 21.6 Å². The Balaban J connectivity index is 4.45. The van der Waals surface area contributed by atoms with Crippen LogP contribution >= 0.6 is 21.6 Å². The molecule has 2 atom stereocenters. The number of primary amides is 4. The van der Waals surface area contributed by atoms with Crippen LogP contribution in [0.25, 0.3) is 0 Å². The summed E-state index contributed by atoms with van der Waals surface area (Å²) in [6.45, 7) is 0. The molecule has 0 aromatic heterocycles. The molecule has 0 saturated carbocycles. The Kier molecular flexibility index (Phi) is 7.20. The summed E-state index contributed by atoms with van der Waals surface area (Å²) in [5, 5.41) is -1.77. The predicted octanol–water partition coefficient (Wildman–Crippen LogP) is -2.17. The molecule has 10 heteroatoms. The Morgan fingerprint density at radius 3 is 1.17 bits per heavy atom. The molecule has 102 valence electrons. The van der Waals surface area contributed by atoms with Gasteiger partial charge in [0.15, 0.2) is 0 Å². The van der Waals surface area contributed by atoms with Crippen molar-refractivity contribution >= 4 is 45.2 Å². The zero-order chi connectivity index (χ0) is 14.3. The van der Waals surface area contributed by atoms with Crippen LogP contribution in [0.4, 0.5) is 0 Å². The van der Waals surface area contributed by atoms with Crippen LogP contribution in [-0.2, 0) is 19.2 Å². The molecule has 0 bridgehead atoms. The zero-order valence-corrected chi connectivity index (χ0v) is 11.0. The van der Waals surface area contributed by atoms with Gasteiger partial charge in [0.25, 0.3) is 0 Å². The number of hydrogen-bond donors (Lipinski definition) is 4. The maximum Gasteiger partial charge on any atom is 0.231 e. The second kappa shape index (κ2) is 7.82. The normalized spacial score (nSPS) is 13.6. The van der Waals surface area contributed by atoms with Crippen molar-refractivity contribution in [2.45, 2.75) is 23.3 Å². The van der Waals surface area contributed by atoms with Crippen molar-refractivity contribution < 1.29 is 19.2 Å². The first kappa shape index (κ1) is 16.6. The van der Waals surface area contributed by atoms with Crippen molar-refractivity contribution in [3.05, 3.63) is 0 Å². The van der Waals surface area contributed by atoms with E-state index in [9.17, 15) is 19.2 Å². The van der Waals surface area contributed by atoms with Crippen molar-refractivity contribution in [3.63, 3.8) is 0 Å². The number of carbonyl (C=O) groups is 4. The van der Waals surface area contributed by atoms with Crippen LogP contribution in [0.3, 0.4) is 0 Å². The Hall–Kier alpha value is -1.42. The molecule has 8 N–H and O–H groups in total. The lowest BCUT2D eigenvalue weighted by molar-refractivity contribution is -0.122. The van der Waals surface area contributed by atoms with Crippen LogP contribution in [0, 0.1) is 0 Å². The first-order chi connectivity index (χ1) is 8.23. The number of rotatable bonds is 9. The third-order valence-corrected chi connectivity index (χ3v) is 4.80. The molecule has 0 spiro atoms. The second-order valence-corrected chi connectivity index (χ2v) is 5.99. The Morgan fingerprint density at radius 1 is 0.722 bits per heavy atom. The van der Waals surface area contributed by atoms with E-state index in [-0.39, 0.29) is 12.8 Å². The minimum absolute atomic E-state index is 0.255. The first-order valence-electron chi connectivity index (χ1n) is 4.71. The number of nitrogens with two attached hydrogens (primary N) is 4. The summed E-state index contributed by atoms with van der Waals surface area (Å²) in [7, 11) is 1.74. The third-order valence-electron chi connectivity index (χ3n) is 1.70. The molecular formula is C8H14N4O4S2. The first-order valence-corrected chi connectivity index (χ1v) is 6.99. The fraction of sp³-hybridized carbons (Fsp3) is 0.500. The zero-order valence-electron chi connectivity index (χ0n) is 9.33. The van der Waals surface area contributed by atoms with Gasteiger partial charge in [0.2, 0.25) is 23.6 Å². The molecule has 0 aliphatic carbocycles. The summed E-state index contributed by atoms with van der Waals surface area (Å²) in [6.07, 6.45) is -0.510. The maximum atomic E-state index is 11.0. The molecule has 0 aromatic carbocycles. The van der Waals surface area contributed by atoms with E-state index in [0.717, 1.165) is 21.6 Å². The van der Waals surface area contributed by atoms with Crippen molar-refractivity contribution in [1.82, 2.24) is 0 Å². The van der Waals surface area contributed by atoms with Crippen LogP contribution < -0.4 is 22.9 Å². The highest BCUT2D eigenvalue weighted by Crippen LogP contribution is 2.33. The topological polar surface area (TPSA) is 172 Å². The molecule has 0 fully saturated rings. The van der Waals surface area contributed by atoms with Gasteiger partial charge in [-0.05, 0) is 0 Å². The van der Waals surface area contributed by atoms with E-state index in [0.29, 0.717) is 0 Å². The van der Waals surface area contributed by atoms with Gasteiger partial charge in [0.05, 0.1) is 0 Å². The average Bonchev–Trinajstić information content (AvgIpc) is 2.20. The van der Waals surface area contributed by atoms with Gasteiger partial charge in [-0.2, -0.15) is 0 Å². The van der Waals surface area contributed by atoms with Gasteiger partial charge in [0, 0.05) is 12.8 Å². The smallest absolute Gasteiger partial charge is 0.231 e. The minimum Gasteiger partial charge on any atom is -0.370 e. The lowest BCUT2D eigenvalue weighted by atomic mass is 10.3. The lowest BCUT2D eigenvalue weighted by Crippen LogP contribution is -2.32. The summed E-state index contributed by atoms with van der Waals surface area (Å²) in [5.74, 6) is -2.88. The standard InChI is InChI=1S/C8H14N4O4S2/c9-5(13)1-3(7(11)15)17-18-4(8(12)16)2-6(10)14/h3-4H,1-2H2,(H2,9,13)(H2,10,14)(H2,11,15)(H2,12,16)/t3-,4-/m1/s1. The van der Waals surface area contributed by atoms with E-state index >= 15 is 0 Å². The molecular weight excluding hydrogens is 280 g/mol. The number of amides is 4. The van der Waals surface area contributed by atoms with Crippen molar-refractivity contribution in [2.24, 2.45) is 22.9 Å². The van der Waals surface area contributed by atoms with Gasteiger partial charge in [0.1, 0.15) is 10.5 Å². The molecule has 0 aromatic rings. The molecule has 0 radical (unpaired) electrons. The fourth-order valence-electron chi connectivity index (χ4n) is 0.864. The largest absolute Gasteiger partial charge is 0.370 e. The van der Waals surface area contributed by atoms with Gasteiger partial charge in [-0.3, -0.25) is 19.2 Å². The molecule has 0 aliphatic heterocycles. The van der Waals surface area contributed by atoms with Crippen LogP contribution in [0.5, 0.6) is 0 Å². The molecule has 0 saturated heterocycles.